The number of nitrogens with one attached hydrogen (secondary N) is 1. The molecule has 112 valence electrons. The van der Waals surface area contributed by atoms with E-state index < -0.39 is 17.7 Å². The van der Waals surface area contributed by atoms with Gasteiger partial charge in [0.15, 0.2) is 5.82 Å². The van der Waals surface area contributed by atoms with Gasteiger partial charge >= 0.3 is 0 Å². The number of aliphatic hydroxyl groups excluding tert-OH is 2. The Morgan fingerprint density at radius 3 is 2.43 bits per heavy atom. The molecule has 0 aliphatic heterocycles. The number of hydrogen-bond donors (Lipinski definition) is 3. The molecule has 0 fully saturated rings. The van der Waals surface area contributed by atoms with Crippen molar-refractivity contribution in [3.63, 3.8) is 0 Å². The number of halogens is 2. The summed E-state index contributed by atoms with van der Waals surface area (Å²) in [4.78, 5) is 8.28. The van der Waals surface area contributed by atoms with Crippen LogP contribution in [0.4, 0.5) is 14.6 Å². The van der Waals surface area contributed by atoms with Crippen LogP contribution in [-0.2, 0) is 0 Å². The number of nitrogens with zero attached hydrogens (tertiary/aromatic N) is 2. The van der Waals surface area contributed by atoms with Crippen LogP contribution in [0.2, 0.25) is 0 Å². The molecule has 0 aliphatic carbocycles. The highest BCUT2D eigenvalue weighted by Crippen LogP contribution is 2.20. The van der Waals surface area contributed by atoms with Crippen molar-refractivity contribution in [1.29, 1.82) is 0 Å². The Morgan fingerprint density at radius 1 is 1.14 bits per heavy atom. The molecule has 7 heteroatoms. The highest BCUT2D eigenvalue weighted by Gasteiger charge is 2.09. The van der Waals surface area contributed by atoms with Gasteiger partial charge in [0.2, 0.25) is 0 Å². The Morgan fingerprint density at radius 2 is 1.81 bits per heavy atom. The molecule has 0 saturated carbocycles. The molecule has 0 radical (unpaired) electrons. The van der Waals surface area contributed by atoms with Crippen molar-refractivity contribution < 1.29 is 19.0 Å². The first-order valence-corrected chi connectivity index (χ1v) is 6.33. The number of aryl methyl sites for hydroxylation is 1. The Bertz CT molecular complexity index is 617. The van der Waals surface area contributed by atoms with Crippen molar-refractivity contribution in [2.45, 2.75) is 13.0 Å². The first-order valence-electron chi connectivity index (χ1n) is 6.33. The quantitative estimate of drug-likeness (QED) is 0.779. The number of benzene rings is 1. The third kappa shape index (κ3) is 4.17. The summed E-state index contributed by atoms with van der Waals surface area (Å²) in [5.74, 6) is -0.843. The summed E-state index contributed by atoms with van der Waals surface area (Å²) in [7, 11) is 0. The van der Waals surface area contributed by atoms with Crippen LogP contribution >= 0.6 is 0 Å². The maximum atomic E-state index is 13.2. The van der Waals surface area contributed by atoms with E-state index in [1.54, 1.807) is 13.0 Å². The van der Waals surface area contributed by atoms with E-state index in [-0.39, 0.29) is 24.5 Å². The zero-order valence-corrected chi connectivity index (χ0v) is 11.3. The maximum Gasteiger partial charge on any atom is 0.161 e. The van der Waals surface area contributed by atoms with Gasteiger partial charge in [0, 0.05) is 29.9 Å². The molecule has 1 aromatic heterocycles. The Hall–Kier alpha value is -2.12. The van der Waals surface area contributed by atoms with E-state index >= 15 is 0 Å². The highest BCUT2D eigenvalue weighted by molar-refractivity contribution is 5.57. The fourth-order valence-electron chi connectivity index (χ4n) is 1.76. The van der Waals surface area contributed by atoms with Gasteiger partial charge in [0.05, 0.1) is 12.7 Å². The average molecular weight is 295 g/mol. The van der Waals surface area contributed by atoms with E-state index in [0.29, 0.717) is 11.5 Å². The minimum Gasteiger partial charge on any atom is -0.394 e. The van der Waals surface area contributed by atoms with Gasteiger partial charge in [0.25, 0.3) is 0 Å². The standard InChI is InChI=1S/C14H15F2N3O2/c1-8-2-13(17-6-12(21)7-20)19-14(18-8)9-3-10(15)5-11(16)4-9/h2-5,12,20-21H,6-7H2,1H3,(H,17,18,19). The molecule has 0 bridgehead atoms. The second-order valence-corrected chi connectivity index (χ2v) is 4.59. The smallest absolute Gasteiger partial charge is 0.161 e. The lowest BCUT2D eigenvalue weighted by Gasteiger charge is -2.11. The van der Waals surface area contributed by atoms with Crippen LogP contribution in [0.3, 0.4) is 0 Å². The fraction of sp³-hybridized carbons (Fsp3) is 0.286. The predicted molar refractivity (Wildman–Crippen MR) is 73.7 cm³/mol. The second-order valence-electron chi connectivity index (χ2n) is 4.59. The zero-order chi connectivity index (χ0) is 15.4. The summed E-state index contributed by atoms with van der Waals surface area (Å²) in [5, 5.41) is 20.9. The molecule has 0 amide bonds. The molecule has 1 atom stereocenters. The molecule has 2 aromatic rings. The van der Waals surface area contributed by atoms with Crippen molar-refractivity contribution in [3.05, 3.63) is 41.6 Å². The minimum absolute atomic E-state index is 0.101. The third-order valence-corrected chi connectivity index (χ3v) is 2.70. The molecule has 1 heterocycles. The van der Waals surface area contributed by atoms with Crippen LogP contribution in [0.5, 0.6) is 0 Å². The van der Waals surface area contributed by atoms with Crippen molar-refractivity contribution in [2.75, 3.05) is 18.5 Å². The summed E-state index contributed by atoms with van der Waals surface area (Å²) >= 11 is 0. The molecular formula is C14H15F2N3O2. The molecular weight excluding hydrogens is 280 g/mol. The summed E-state index contributed by atoms with van der Waals surface area (Å²) < 4.78 is 26.5. The van der Waals surface area contributed by atoms with Gasteiger partial charge in [-0.1, -0.05) is 0 Å². The zero-order valence-electron chi connectivity index (χ0n) is 11.3. The van der Waals surface area contributed by atoms with Crippen molar-refractivity contribution >= 4 is 5.82 Å². The first kappa shape index (κ1) is 15.3. The number of anilines is 1. The fourth-order valence-corrected chi connectivity index (χ4v) is 1.76. The van der Waals surface area contributed by atoms with Crippen LogP contribution in [0.15, 0.2) is 24.3 Å². The normalized spacial score (nSPS) is 12.2. The van der Waals surface area contributed by atoms with Crippen LogP contribution in [0.25, 0.3) is 11.4 Å². The number of aliphatic hydroxyl groups is 2. The van der Waals surface area contributed by atoms with E-state index in [2.05, 4.69) is 15.3 Å². The lowest BCUT2D eigenvalue weighted by atomic mass is 10.2. The van der Waals surface area contributed by atoms with E-state index in [0.717, 1.165) is 18.2 Å². The Kier molecular flexibility index (Phi) is 4.77. The van der Waals surface area contributed by atoms with Gasteiger partial charge in [-0.2, -0.15) is 0 Å². The van der Waals surface area contributed by atoms with Gasteiger partial charge < -0.3 is 15.5 Å². The van der Waals surface area contributed by atoms with Crippen molar-refractivity contribution in [2.24, 2.45) is 0 Å². The lowest BCUT2D eigenvalue weighted by Crippen LogP contribution is -2.23. The van der Waals surface area contributed by atoms with Gasteiger partial charge in [-0.3, -0.25) is 0 Å². The summed E-state index contributed by atoms with van der Waals surface area (Å²) in [5.41, 5.74) is 0.826. The molecule has 0 aliphatic rings. The minimum atomic E-state index is -0.921. The van der Waals surface area contributed by atoms with Gasteiger partial charge in [-0.05, 0) is 19.1 Å². The van der Waals surface area contributed by atoms with E-state index in [4.69, 9.17) is 5.11 Å². The Balaban J connectivity index is 2.29. The molecule has 0 saturated heterocycles. The van der Waals surface area contributed by atoms with Crippen LogP contribution in [-0.4, -0.2) is 39.4 Å². The molecule has 2 rings (SSSR count). The molecule has 3 N–H and O–H groups in total. The maximum absolute atomic E-state index is 13.2. The molecule has 5 nitrogen and oxygen atoms in total. The Labute approximate surface area is 120 Å². The lowest BCUT2D eigenvalue weighted by molar-refractivity contribution is 0.105. The molecule has 1 unspecified atom stereocenters. The molecule has 1 aromatic carbocycles. The van der Waals surface area contributed by atoms with Gasteiger partial charge in [-0.25, -0.2) is 18.7 Å². The monoisotopic (exact) mass is 295 g/mol. The second kappa shape index (κ2) is 6.55. The number of rotatable bonds is 5. The van der Waals surface area contributed by atoms with Crippen molar-refractivity contribution in [1.82, 2.24) is 9.97 Å². The third-order valence-electron chi connectivity index (χ3n) is 2.70. The summed E-state index contributed by atoms with van der Waals surface area (Å²) in [6.07, 6.45) is -0.921. The summed E-state index contributed by atoms with van der Waals surface area (Å²) in [6, 6.07) is 4.69. The van der Waals surface area contributed by atoms with Gasteiger partial charge in [0.1, 0.15) is 17.5 Å². The van der Waals surface area contributed by atoms with Crippen LogP contribution < -0.4 is 5.32 Å². The average Bonchev–Trinajstić information content (AvgIpc) is 2.43. The van der Waals surface area contributed by atoms with Crippen molar-refractivity contribution in [3.8, 4) is 11.4 Å². The molecule has 21 heavy (non-hydrogen) atoms. The number of aromatic nitrogens is 2. The SMILES string of the molecule is Cc1cc(NCC(O)CO)nc(-c2cc(F)cc(F)c2)n1. The summed E-state index contributed by atoms with van der Waals surface area (Å²) in [6.45, 7) is 1.44. The largest absolute Gasteiger partial charge is 0.394 e. The topological polar surface area (TPSA) is 78.3 Å². The first-order chi connectivity index (χ1) is 9.97. The van der Waals surface area contributed by atoms with Crippen LogP contribution in [0.1, 0.15) is 5.69 Å². The highest BCUT2D eigenvalue weighted by atomic mass is 19.1. The predicted octanol–water partition coefficient (Wildman–Crippen LogP) is 1.50. The number of hydrogen-bond acceptors (Lipinski definition) is 5. The van der Waals surface area contributed by atoms with E-state index in [1.165, 1.54) is 0 Å². The molecule has 0 spiro atoms. The van der Waals surface area contributed by atoms with E-state index in [1.807, 2.05) is 0 Å². The van der Waals surface area contributed by atoms with Crippen LogP contribution in [0, 0.1) is 18.6 Å². The van der Waals surface area contributed by atoms with E-state index in [9.17, 15) is 13.9 Å². The van der Waals surface area contributed by atoms with Gasteiger partial charge in [-0.15, -0.1) is 0 Å².